The van der Waals surface area contributed by atoms with Gasteiger partial charge in [-0.25, -0.2) is 0 Å². The first-order valence-electron chi connectivity index (χ1n) is 5.95. The fourth-order valence-corrected chi connectivity index (χ4v) is 2.76. The summed E-state index contributed by atoms with van der Waals surface area (Å²) in [5.74, 6) is 0. The quantitative estimate of drug-likeness (QED) is 0.770. The molecule has 1 heterocycles. The van der Waals surface area contributed by atoms with Crippen molar-refractivity contribution in [2.24, 2.45) is 4.99 Å². The molecule has 0 fully saturated rings. The van der Waals surface area contributed by atoms with Crippen LogP contribution in [0.4, 0.5) is 0 Å². The summed E-state index contributed by atoms with van der Waals surface area (Å²) in [4.78, 5) is 5.90. The highest BCUT2D eigenvalue weighted by molar-refractivity contribution is 8.14. The van der Waals surface area contributed by atoms with Gasteiger partial charge in [-0.2, -0.15) is 0 Å². The van der Waals surface area contributed by atoms with Crippen molar-refractivity contribution >= 4 is 22.9 Å². The van der Waals surface area contributed by atoms with Crippen LogP contribution in [-0.2, 0) is 6.54 Å². The highest BCUT2D eigenvalue weighted by atomic mass is 32.2. The predicted molar refractivity (Wildman–Crippen MR) is 78.9 cm³/mol. The van der Waals surface area contributed by atoms with Gasteiger partial charge in [0.15, 0.2) is 0 Å². The van der Waals surface area contributed by atoms with Gasteiger partial charge in [0.25, 0.3) is 0 Å². The molecular formula is C16H13NS. The molecule has 18 heavy (non-hydrogen) atoms. The molecule has 0 radical (unpaired) electrons. The fraction of sp³-hybridized carbons (Fsp3) is 0.0625. The van der Waals surface area contributed by atoms with E-state index in [1.165, 1.54) is 16.0 Å². The topological polar surface area (TPSA) is 12.4 Å². The van der Waals surface area contributed by atoms with E-state index in [9.17, 15) is 0 Å². The highest BCUT2D eigenvalue weighted by Crippen LogP contribution is 2.29. The van der Waals surface area contributed by atoms with Crippen molar-refractivity contribution in [2.45, 2.75) is 11.4 Å². The van der Waals surface area contributed by atoms with Crippen LogP contribution >= 0.6 is 11.8 Å². The average molecular weight is 251 g/mol. The molecule has 2 aromatic carbocycles. The lowest BCUT2D eigenvalue weighted by atomic mass is 10.2. The maximum atomic E-state index is 4.58. The second kappa shape index (κ2) is 5.23. The summed E-state index contributed by atoms with van der Waals surface area (Å²) < 4.78 is 0. The molecule has 0 unspecified atom stereocenters. The van der Waals surface area contributed by atoms with Crippen LogP contribution in [0, 0.1) is 0 Å². The first-order valence-corrected chi connectivity index (χ1v) is 6.77. The van der Waals surface area contributed by atoms with Gasteiger partial charge >= 0.3 is 0 Å². The van der Waals surface area contributed by atoms with E-state index in [-0.39, 0.29) is 0 Å². The molecule has 2 aromatic rings. The van der Waals surface area contributed by atoms with E-state index in [0.717, 1.165) is 11.6 Å². The zero-order valence-electron chi connectivity index (χ0n) is 9.91. The zero-order chi connectivity index (χ0) is 12.2. The first-order chi connectivity index (χ1) is 8.92. The second-order valence-electron chi connectivity index (χ2n) is 4.11. The maximum absolute atomic E-state index is 4.58. The van der Waals surface area contributed by atoms with E-state index in [1.807, 2.05) is 18.2 Å². The largest absolute Gasteiger partial charge is 0.273 e. The molecule has 3 rings (SSSR count). The lowest BCUT2D eigenvalue weighted by Gasteiger charge is -2.12. The van der Waals surface area contributed by atoms with Crippen molar-refractivity contribution in [3.8, 4) is 0 Å². The molecule has 0 saturated carbocycles. The number of hydrogen-bond donors (Lipinski definition) is 0. The minimum atomic E-state index is 0.789. The van der Waals surface area contributed by atoms with Gasteiger partial charge in [0.2, 0.25) is 0 Å². The number of hydrogen-bond acceptors (Lipinski definition) is 2. The van der Waals surface area contributed by atoms with Gasteiger partial charge in [-0.1, -0.05) is 66.4 Å². The van der Waals surface area contributed by atoms with Gasteiger partial charge in [0.1, 0.15) is 0 Å². The van der Waals surface area contributed by atoms with Crippen LogP contribution in [0.2, 0.25) is 0 Å². The van der Waals surface area contributed by atoms with Gasteiger partial charge in [-0.3, -0.25) is 4.99 Å². The number of thioether (sulfide) groups is 1. The molecule has 2 heteroatoms. The first kappa shape index (κ1) is 11.3. The summed E-state index contributed by atoms with van der Waals surface area (Å²) in [6, 6.07) is 18.8. The van der Waals surface area contributed by atoms with Gasteiger partial charge < -0.3 is 0 Å². The normalized spacial score (nSPS) is 14.3. The van der Waals surface area contributed by atoms with Gasteiger partial charge in [-0.05, 0) is 23.3 Å². The molecule has 0 amide bonds. The van der Waals surface area contributed by atoms with Crippen molar-refractivity contribution in [3.63, 3.8) is 0 Å². The Morgan fingerprint density at radius 2 is 1.67 bits per heavy atom. The number of benzene rings is 2. The summed E-state index contributed by atoms with van der Waals surface area (Å²) in [6.07, 6.45) is 4.20. The minimum absolute atomic E-state index is 0.789. The Morgan fingerprint density at radius 1 is 0.889 bits per heavy atom. The van der Waals surface area contributed by atoms with Crippen LogP contribution in [0.25, 0.3) is 6.08 Å². The molecule has 1 aliphatic rings. The van der Waals surface area contributed by atoms with Crippen molar-refractivity contribution < 1.29 is 0 Å². The van der Waals surface area contributed by atoms with Crippen molar-refractivity contribution in [3.05, 3.63) is 71.8 Å². The molecule has 1 aliphatic heterocycles. The Kier molecular flexibility index (Phi) is 3.29. The molecule has 0 N–H and O–H groups in total. The molecule has 0 aromatic heterocycles. The Balaban J connectivity index is 1.77. The van der Waals surface area contributed by atoms with Gasteiger partial charge in [0.05, 0.1) is 11.6 Å². The van der Waals surface area contributed by atoms with Gasteiger partial charge in [0, 0.05) is 4.90 Å². The third-order valence-electron chi connectivity index (χ3n) is 2.81. The standard InChI is InChI=1S/C16H13NS/c1-2-6-13(7-3-1)10-11-16-17-12-14-8-4-5-9-15(14)18-16/h1-11H,12H2. The minimum Gasteiger partial charge on any atom is -0.273 e. The van der Waals surface area contributed by atoms with Crippen LogP contribution < -0.4 is 0 Å². The molecular weight excluding hydrogens is 238 g/mol. The molecule has 0 bridgehead atoms. The Morgan fingerprint density at radius 3 is 2.56 bits per heavy atom. The van der Waals surface area contributed by atoms with E-state index in [1.54, 1.807) is 11.8 Å². The maximum Gasteiger partial charge on any atom is 0.0956 e. The Bertz CT molecular complexity index is 600. The number of nitrogens with zero attached hydrogens (tertiary/aromatic N) is 1. The second-order valence-corrected chi connectivity index (χ2v) is 5.17. The van der Waals surface area contributed by atoms with Crippen molar-refractivity contribution in [2.75, 3.05) is 0 Å². The lowest BCUT2D eigenvalue weighted by Crippen LogP contribution is -1.98. The van der Waals surface area contributed by atoms with Crippen LogP contribution in [-0.4, -0.2) is 5.04 Å². The third kappa shape index (κ3) is 2.54. The third-order valence-corrected chi connectivity index (χ3v) is 3.90. The molecule has 0 saturated heterocycles. The highest BCUT2D eigenvalue weighted by Gasteiger charge is 2.09. The van der Waals surface area contributed by atoms with Crippen LogP contribution in [0.1, 0.15) is 11.1 Å². The monoisotopic (exact) mass is 251 g/mol. The summed E-state index contributed by atoms with van der Waals surface area (Å²) in [7, 11) is 0. The molecule has 0 aliphatic carbocycles. The van der Waals surface area contributed by atoms with Crippen molar-refractivity contribution in [1.29, 1.82) is 0 Å². The fourth-order valence-electron chi connectivity index (χ4n) is 1.86. The summed E-state index contributed by atoms with van der Waals surface area (Å²) >= 11 is 1.74. The smallest absolute Gasteiger partial charge is 0.0956 e. The molecule has 0 spiro atoms. The SMILES string of the molecule is C(=Cc1ccccc1)C1=NCc2ccccc2S1. The van der Waals surface area contributed by atoms with E-state index in [0.29, 0.717) is 0 Å². The predicted octanol–water partition coefficient (Wildman–Crippen LogP) is 4.40. The number of rotatable bonds is 2. The van der Waals surface area contributed by atoms with E-state index >= 15 is 0 Å². The Hall–Kier alpha value is -1.80. The van der Waals surface area contributed by atoms with E-state index in [4.69, 9.17) is 0 Å². The van der Waals surface area contributed by atoms with Crippen LogP contribution in [0.3, 0.4) is 0 Å². The van der Waals surface area contributed by atoms with E-state index < -0.39 is 0 Å². The summed E-state index contributed by atoms with van der Waals surface area (Å²) in [5.41, 5.74) is 2.53. The van der Waals surface area contributed by atoms with E-state index in [2.05, 4.69) is 53.5 Å². The Labute approximate surface area is 111 Å². The van der Waals surface area contributed by atoms with Crippen LogP contribution in [0.5, 0.6) is 0 Å². The van der Waals surface area contributed by atoms with Crippen LogP contribution in [0.15, 0.2) is 70.6 Å². The average Bonchev–Trinajstić information content (AvgIpc) is 2.46. The molecule has 1 nitrogen and oxygen atoms in total. The summed E-state index contributed by atoms with van der Waals surface area (Å²) in [5, 5.41) is 1.08. The van der Waals surface area contributed by atoms with Gasteiger partial charge in [-0.15, -0.1) is 0 Å². The lowest BCUT2D eigenvalue weighted by molar-refractivity contribution is 1.02. The zero-order valence-corrected chi connectivity index (χ0v) is 10.7. The number of aliphatic imine (C=N–C) groups is 1. The van der Waals surface area contributed by atoms with Crippen molar-refractivity contribution in [1.82, 2.24) is 0 Å². The molecule has 0 atom stereocenters. The summed E-state index contributed by atoms with van der Waals surface area (Å²) in [6.45, 7) is 0.789. The number of fused-ring (bicyclic) bond motifs is 1. The molecule has 88 valence electrons.